The summed E-state index contributed by atoms with van der Waals surface area (Å²) in [6.45, 7) is 4.01. The number of pyridine rings is 1. The number of aromatic nitrogens is 2. The molecular weight excluding hydrogens is 550 g/mol. The predicted molar refractivity (Wildman–Crippen MR) is 166 cm³/mol. The molecule has 0 bridgehead atoms. The van der Waals surface area contributed by atoms with Gasteiger partial charge in [0.1, 0.15) is 11.5 Å². The largest absolute Gasteiger partial charge is 0.495 e. The van der Waals surface area contributed by atoms with Gasteiger partial charge in [-0.15, -0.1) is 0 Å². The summed E-state index contributed by atoms with van der Waals surface area (Å²) >= 11 is 5.94. The maximum atomic E-state index is 11.6. The van der Waals surface area contributed by atoms with Gasteiger partial charge in [-0.25, -0.2) is 0 Å². The highest BCUT2D eigenvalue weighted by molar-refractivity contribution is 7.80. The second-order valence-electron chi connectivity index (χ2n) is 10.8. The summed E-state index contributed by atoms with van der Waals surface area (Å²) in [5.41, 5.74) is 5.27. The molecule has 9 nitrogen and oxygen atoms in total. The van der Waals surface area contributed by atoms with Crippen LogP contribution in [-0.4, -0.2) is 32.8 Å². The van der Waals surface area contributed by atoms with E-state index in [0.29, 0.717) is 16.5 Å². The molecule has 2 fully saturated rings. The summed E-state index contributed by atoms with van der Waals surface area (Å²) in [7, 11) is 1.57. The highest BCUT2D eigenvalue weighted by atomic mass is 32.1. The average molecular weight is 584 g/mol. The fourth-order valence-electron chi connectivity index (χ4n) is 6.26. The first-order chi connectivity index (χ1) is 20.4. The Balaban J connectivity index is 1.44. The molecule has 2 aliphatic rings. The standard InChI is InChI=1S/C32H33N5O4S/c1-20-18-26(21(2)35(20)28-19-23(37(38)39)13-16-29(28)40-3)31-30(27-10-6-7-17-33-27)34-32(42)36(31)22-11-14-25(15-12-22)41-24-8-4-5-9-24/h6-7,10-19,24,30-31H,4-5,8-9H2,1-3H3,(H,34,42)/t30-,31+/m1/s1. The molecule has 6 rings (SSSR count). The second kappa shape index (κ2) is 11.4. The molecule has 1 N–H and O–H groups in total. The molecule has 2 aromatic carbocycles. The number of nitro groups is 1. The Hall–Kier alpha value is -4.44. The zero-order chi connectivity index (χ0) is 29.4. The van der Waals surface area contributed by atoms with E-state index in [4.69, 9.17) is 21.7 Å². The van der Waals surface area contributed by atoms with Crippen LogP contribution in [0.25, 0.3) is 5.69 Å². The number of aryl methyl sites for hydroxylation is 1. The smallest absolute Gasteiger partial charge is 0.271 e. The van der Waals surface area contributed by atoms with Crippen LogP contribution in [-0.2, 0) is 0 Å². The molecule has 1 aliphatic heterocycles. The number of methoxy groups -OCH3 is 1. The third-order valence-corrected chi connectivity index (χ3v) is 8.54. The van der Waals surface area contributed by atoms with Gasteiger partial charge in [0.05, 0.1) is 41.6 Å². The van der Waals surface area contributed by atoms with Crippen LogP contribution in [0.2, 0.25) is 0 Å². The number of nitro benzene ring substituents is 1. The highest BCUT2D eigenvalue weighted by Gasteiger charge is 2.42. The van der Waals surface area contributed by atoms with E-state index in [1.807, 2.05) is 48.7 Å². The Morgan fingerprint density at radius 3 is 2.48 bits per heavy atom. The summed E-state index contributed by atoms with van der Waals surface area (Å²) in [4.78, 5) is 18.0. The van der Waals surface area contributed by atoms with E-state index in [-0.39, 0.29) is 23.9 Å². The fourth-order valence-corrected chi connectivity index (χ4v) is 6.60. The molecule has 1 saturated carbocycles. The molecule has 0 unspecified atom stereocenters. The van der Waals surface area contributed by atoms with Crippen LogP contribution in [0.4, 0.5) is 11.4 Å². The van der Waals surface area contributed by atoms with Gasteiger partial charge in [0.2, 0.25) is 0 Å². The SMILES string of the molecule is COc1ccc([N+](=O)[O-])cc1-n1c(C)cc([C@H]2[C@@H](c3ccccn3)NC(=S)N2c2ccc(OC3CCCC3)cc2)c1C. The summed E-state index contributed by atoms with van der Waals surface area (Å²) in [5, 5.41) is 15.8. The van der Waals surface area contributed by atoms with Gasteiger partial charge in [-0.3, -0.25) is 15.1 Å². The number of thiocarbonyl (C=S) groups is 1. The number of non-ortho nitro benzene ring substituents is 1. The van der Waals surface area contributed by atoms with Crippen molar-refractivity contribution in [2.45, 2.75) is 57.7 Å². The lowest BCUT2D eigenvalue weighted by Crippen LogP contribution is -2.29. The third-order valence-electron chi connectivity index (χ3n) is 8.22. The van der Waals surface area contributed by atoms with Crippen LogP contribution in [0.3, 0.4) is 0 Å². The first-order valence-electron chi connectivity index (χ1n) is 14.1. The van der Waals surface area contributed by atoms with Crippen molar-refractivity contribution in [2.75, 3.05) is 12.0 Å². The minimum Gasteiger partial charge on any atom is -0.495 e. The topological polar surface area (TPSA) is 94.7 Å². The predicted octanol–water partition coefficient (Wildman–Crippen LogP) is 6.90. The maximum absolute atomic E-state index is 11.6. The summed E-state index contributed by atoms with van der Waals surface area (Å²) in [6.07, 6.45) is 6.69. The Labute approximate surface area is 250 Å². The van der Waals surface area contributed by atoms with Gasteiger partial charge in [-0.1, -0.05) is 6.07 Å². The summed E-state index contributed by atoms with van der Waals surface area (Å²) < 4.78 is 13.9. The van der Waals surface area contributed by atoms with Gasteiger partial charge < -0.3 is 24.3 Å². The molecule has 0 spiro atoms. The molecule has 1 saturated heterocycles. The molecule has 42 heavy (non-hydrogen) atoms. The number of hydrogen-bond donors (Lipinski definition) is 1. The first kappa shape index (κ1) is 27.7. The van der Waals surface area contributed by atoms with Gasteiger partial charge in [0.15, 0.2) is 5.11 Å². The molecule has 2 atom stereocenters. The number of hydrogen-bond acceptors (Lipinski definition) is 6. The molecule has 1 aliphatic carbocycles. The zero-order valence-electron chi connectivity index (χ0n) is 23.8. The lowest BCUT2D eigenvalue weighted by Gasteiger charge is -2.28. The van der Waals surface area contributed by atoms with Crippen LogP contribution >= 0.6 is 12.2 Å². The average Bonchev–Trinajstić information content (AvgIpc) is 3.71. The van der Waals surface area contributed by atoms with Gasteiger partial charge in [0.25, 0.3) is 5.69 Å². The van der Waals surface area contributed by atoms with Crippen molar-refractivity contribution in [3.05, 3.63) is 106 Å². The number of nitrogens with one attached hydrogen (secondary N) is 1. The van der Waals surface area contributed by atoms with E-state index in [9.17, 15) is 10.1 Å². The van der Waals surface area contributed by atoms with Crippen molar-refractivity contribution in [3.63, 3.8) is 0 Å². The molecule has 10 heteroatoms. The van der Waals surface area contributed by atoms with Crippen molar-refractivity contribution >= 4 is 28.7 Å². The Bertz CT molecular complexity index is 1620. The lowest BCUT2D eigenvalue weighted by atomic mass is 9.96. The van der Waals surface area contributed by atoms with Gasteiger partial charge >= 0.3 is 0 Å². The van der Waals surface area contributed by atoms with Gasteiger partial charge in [-0.05, 0) is 106 Å². The quantitative estimate of drug-likeness (QED) is 0.136. The Morgan fingerprint density at radius 1 is 1.05 bits per heavy atom. The van der Waals surface area contributed by atoms with Crippen LogP contribution in [0.5, 0.6) is 11.5 Å². The molecule has 3 heterocycles. The normalized spacial score (nSPS) is 18.7. The Kier molecular flexibility index (Phi) is 7.55. The fraction of sp³-hybridized carbons (Fsp3) is 0.312. The number of nitrogens with zero attached hydrogens (tertiary/aromatic N) is 4. The third kappa shape index (κ3) is 5.07. The van der Waals surface area contributed by atoms with Crippen molar-refractivity contribution in [3.8, 4) is 17.2 Å². The van der Waals surface area contributed by atoms with Crippen molar-refractivity contribution < 1.29 is 14.4 Å². The number of rotatable bonds is 8. The van der Waals surface area contributed by atoms with Crippen LogP contribution in [0.15, 0.2) is 72.9 Å². The van der Waals surface area contributed by atoms with Crippen LogP contribution in [0.1, 0.15) is 60.4 Å². The van der Waals surface area contributed by atoms with Gasteiger partial charge in [0, 0.05) is 35.4 Å². The number of benzene rings is 2. The second-order valence-corrected chi connectivity index (χ2v) is 11.2. The monoisotopic (exact) mass is 583 g/mol. The lowest BCUT2D eigenvalue weighted by molar-refractivity contribution is -0.384. The highest BCUT2D eigenvalue weighted by Crippen LogP contribution is 2.44. The molecule has 0 amide bonds. The van der Waals surface area contributed by atoms with Crippen LogP contribution in [0, 0.1) is 24.0 Å². The molecule has 0 radical (unpaired) electrons. The first-order valence-corrected chi connectivity index (χ1v) is 14.6. The zero-order valence-corrected chi connectivity index (χ0v) is 24.6. The molecule has 2 aromatic heterocycles. The van der Waals surface area contributed by atoms with E-state index in [1.54, 1.807) is 25.4 Å². The van der Waals surface area contributed by atoms with E-state index in [2.05, 4.69) is 33.4 Å². The van der Waals surface area contributed by atoms with Crippen molar-refractivity contribution in [1.29, 1.82) is 0 Å². The van der Waals surface area contributed by atoms with Crippen molar-refractivity contribution in [2.24, 2.45) is 0 Å². The maximum Gasteiger partial charge on any atom is 0.271 e. The summed E-state index contributed by atoms with van der Waals surface area (Å²) in [5.74, 6) is 1.41. The summed E-state index contributed by atoms with van der Waals surface area (Å²) in [6, 6.07) is 20.3. The van der Waals surface area contributed by atoms with E-state index in [1.165, 1.54) is 18.9 Å². The molecule has 216 valence electrons. The van der Waals surface area contributed by atoms with Crippen LogP contribution < -0.4 is 19.7 Å². The van der Waals surface area contributed by atoms with E-state index < -0.39 is 4.92 Å². The molecule has 4 aromatic rings. The van der Waals surface area contributed by atoms with E-state index >= 15 is 0 Å². The van der Waals surface area contributed by atoms with Crippen molar-refractivity contribution in [1.82, 2.24) is 14.9 Å². The minimum atomic E-state index is -0.393. The number of anilines is 1. The Morgan fingerprint density at radius 2 is 1.81 bits per heavy atom. The van der Waals surface area contributed by atoms with Gasteiger partial charge in [-0.2, -0.15) is 0 Å². The number of ether oxygens (including phenoxy) is 2. The van der Waals surface area contributed by atoms with E-state index in [0.717, 1.165) is 46.9 Å². The minimum absolute atomic E-state index is 0.00328. The molecular formula is C32H33N5O4S.